The quantitative estimate of drug-likeness (QED) is 0.242. The number of aryl methyl sites for hydroxylation is 1. The number of sulfonamides is 1. The molecule has 2 N–H and O–H groups in total. The van der Waals surface area contributed by atoms with Gasteiger partial charge in [0.2, 0.25) is 0 Å². The van der Waals surface area contributed by atoms with Crippen LogP contribution in [-0.2, 0) is 24.3 Å². The molecule has 0 aliphatic carbocycles. The molecule has 0 radical (unpaired) electrons. The molecule has 1 aliphatic heterocycles. The van der Waals surface area contributed by atoms with Crippen LogP contribution in [0.25, 0.3) is 0 Å². The Morgan fingerprint density at radius 3 is 2.41 bits per heavy atom. The van der Waals surface area contributed by atoms with E-state index in [9.17, 15) is 18.0 Å². The van der Waals surface area contributed by atoms with Crippen LogP contribution in [0.2, 0.25) is 5.02 Å². The van der Waals surface area contributed by atoms with E-state index in [-0.39, 0.29) is 29.2 Å². The van der Waals surface area contributed by atoms with Crippen LogP contribution in [0.5, 0.6) is 5.75 Å². The van der Waals surface area contributed by atoms with Crippen LogP contribution in [-0.4, -0.2) is 58.9 Å². The van der Waals surface area contributed by atoms with Crippen molar-refractivity contribution in [2.45, 2.75) is 30.8 Å². The average Bonchev–Trinajstić information content (AvgIpc) is 3.49. The Hall–Kier alpha value is -3.93. The number of halogens is 1. The lowest BCUT2D eigenvalue weighted by molar-refractivity contribution is -0.123. The molecule has 216 valence electrons. The zero-order valence-electron chi connectivity index (χ0n) is 22.5. The van der Waals surface area contributed by atoms with Crippen molar-refractivity contribution in [1.82, 2.24) is 10.7 Å². The van der Waals surface area contributed by atoms with Crippen LogP contribution in [0, 0.1) is 6.92 Å². The third kappa shape index (κ3) is 8.78. The van der Waals surface area contributed by atoms with E-state index in [1.807, 2.05) is 6.92 Å². The number of amides is 2. The standard InChI is InChI=1S/C29H31ClN4O6S/c1-21-4-14-27(15-5-21)41(37,38)34(24-10-8-23(30)9-11-24)19-28(35)33-32-17-22-6-12-25(13-7-22)40-20-29(36)31-18-26-3-2-16-39-26/h4-15,17,26H,2-3,16,18-20H2,1H3,(H,31,36)(H,33,35)/b32-17-/t26-/m0/s1. The number of hydrogen-bond acceptors (Lipinski definition) is 7. The monoisotopic (exact) mass is 598 g/mol. The SMILES string of the molecule is Cc1ccc(S(=O)(=O)N(CC(=O)N/N=C\c2ccc(OCC(=O)NC[C@@H]3CCCO3)cc2)c2ccc(Cl)cc2)cc1. The predicted molar refractivity (Wildman–Crippen MR) is 157 cm³/mol. The van der Waals surface area contributed by atoms with Crippen LogP contribution >= 0.6 is 11.6 Å². The molecular formula is C29H31ClN4O6S. The first-order chi connectivity index (χ1) is 19.7. The highest BCUT2D eigenvalue weighted by atomic mass is 35.5. The molecule has 3 aromatic rings. The van der Waals surface area contributed by atoms with Crippen molar-refractivity contribution in [1.29, 1.82) is 0 Å². The van der Waals surface area contributed by atoms with Gasteiger partial charge in [-0.25, -0.2) is 13.8 Å². The number of ether oxygens (including phenoxy) is 2. The van der Waals surface area contributed by atoms with Gasteiger partial charge in [0.05, 0.1) is 22.9 Å². The Bertz CT molecular complexity index is 1460. The van der Waals surface area contributed by atoms with Crippen molar-refractivity contribution in [3.05, 3.63) is 88.9 Å². The second kappa shape index (κ2) is 14.1. The Labute approximate surface area is 244 Å². The topological polar surface area (TPSA) is 126 Å². The lowest BCUT2D eigenvalue weighted by Gasteiger charge is -2.23. The van der Waals surface area contributed by atoms with Crippen LogP contribution in [0.1, 0.15) is 24.0 Å². The van der Waals surface area contributed by atoms with Gasteiger partial charge >= 0.3 is 0 Å². The second-order valence-corrected chi connectivity index (χ2v) is 11.7. The van der Waals surface area contributed by atoms with E-state index in [1.165, 1.54) is 30.5 Å². The third-order valence-corrected chi connectivity index (χ3v) is 8.25. The largest absolute Gasteiger partial charge is 0.484 e. The smallest absolute Gasteiger partial charge is 0.264 e. The molecule has 1 saturated heterocycles. The van der Waals surface area contributed by atoms with E-state index in [2.05, 4.69) is 15.8 Å². The number of carbonyl (C=O) groups is 2. The molecule has 0 spiro atoms. The Kier molecular flexibility index (Phi) is 10.3. The van der Waals surface area contributed by atoms with E-state index in [4.69, 9.17) is 21.1 Å². The van der Waals surface area contributed by atoms with E-state index >= 15 is 0 Å². The minimum absolute atomic E-state index is 0.0528. The summed E-state index contributed by atoms with van der Waals surface area (Å²) in [6.45, 7) is 2.43. The molecule has 0 unspecified atom stereocenters. The van der Waals surface area contributed by atoms with Crippen molar-refractivity contribution in [3.8, 4) is 5.75 Å². The zero-order chi connectivity index (χ0) is 29.2. The van der Waals surface area contributed by atoms with Crippen molar-refractivity contribution in [2.24, 2.45) is 5.10 Å². The van der Waals surface area contributed by atoms with Gasteiger partial charge in [-0.3, -0.25) is 13.9 Å². The summed E-state index contributed by atoms with van der Waals surface area (Å²) in [5.41, 5.74) is 4.22. The highest BCUT2D eigenvalue weighted by Gasteiger charge is 2.27. The van der Waals surface area contributed by atoms with Gasteiger partial charge in [-0.05, 0) is 86.0 Å². The van der Waals surface area contributed by atoms with E-state index in [1.54, 1.807) is 48.5 Å². The molecule has 0 saturated carbocycles. The summed E-state index contributed by atoms with van der Waals surface area (Å²) in [6, 6.07) is 19.3. The third-order valence-electron chi connectivity index (χ3n) is 6.21. The minimum Gasteiger partial charge on any atom is -0.484 e. The fraction of sp³-hybridized carbons (Fsp3) is 0.276. The molecule has 0 bridgehead atoms. The fourth-order valence-corrected chi connectivity index (χ4v) is 5.53. The molecule has 41 heavy (non-hydrogen) atoms. The normalized spacial score (nSPS) is 15.0. The van der Waals surface area contributed by atoms with Gasteiger partial charge in [0, 0.05) is 18.2 Å². The maximum Gasteiger partial charge on any atom is 0.264 e. The summed E-state index contributed by atoms with van der Waals surface area (Å²) in [6.07, 6.45) is 3.43. The van der Waals surface area contributed by atoms with Crippen molar-refractivity contribution in [3.63, 3.8) is 0 Å². The Morgan fingerprint density at radius 2 is 1.76 bits per heavy atom. The highest BCUT2D eigenvalue weighted by Crippen LogP contribution is 2.25. The van der Waals surface area contributed by atoms with Crippen molar-refractivity contribution >= 4 is 45.3 Å². The maximum absolute atomic E-state index is 13.4. The number of rotatable bonds is 12. The van der Waals surface area contributed by atoms with Gasteiger partial charge in [0.25, 0.3) is 21.8 Å². The first kappa shape index (κ1) is 30.0. The Balaban J connectivity index is 1.32. The van der Waals surface area contributed by atoms with Crippen LogP contribution in [0.3, 0.4) is 0 Å². The number of nitrogens with zero attached hydrogens (tertiary/aromatic N) is 2. The molecule has 1 heterocycles. The number of hydrogen-bond donors (Lipinski definition) is 2. The van der Waals surface area contributed by atoms with E-state index in [0.29, 0.717) is 22.9 Å². The number of benzene rings is 3. The number of nitrogens with one attached hydrogen (secondary N) is 2. The molecule has 10 nitrogen and oxygen atoms in total. The van der Waals surface area contributed by atoms with Gasteiger partial charge in [-0.2, -0.15) is 5.10 Å². The van der Waals surface area contributed by atoms with Crippen molar-refractivity contribution < 1.29 is 27.5 Å². The van der Waals surface area contributed by atoms with Gasteiger partial charge < -0.3 is 14.8 Å². The van der Waals surface area contributed by atoms with Gasteiger partial charge in [0.15, 0.2) is 6.61 Å². The molecule has 1 atom stereocenters. The molecule has 3 aromatic carbocycles. The summed E-state index contributed by atoms with van der Waals surface area (Å²) in [4.78, 5) is 24.8. The molecule has 0 aromatic heterocycles. The van der Waals surface area contributed by atoms with E-state index < -0.39 is 22.5 Å². The molecule has 2 amide bonds. The summed E-state index contributed by atoms with van der Waals surface area (Å²) in [5.74, 6) is -0.370. The van der Waals surface area contributed by atoms with Crippen molar-refractivity contribution in [2.75, 3.05) is 30.6 Å². The van der Waals surface area contributed by atoms with Gasteiger partial charge in [0.1, 0.15) is 12.3 Å². The number of anilines is 1. The number of hydrazone groups is 1. The summed E-state index contributed by atoms with van der Waals surface area (Å²) in [5, 5.41) is 7.18. The summed E-state index contributed by atoms with van der Waals surface area (Å²) < 4.78 is 38.8. The molecular weight excluding hydrogens is 568 g/mol. The highest BCUT2D eigenvalue weighted by molar-refractivity contribution is 7.92. The fourth-order valence-electron chi connectivity index (χ4n) is 3.99. The van der Waals surface area contributed by atoms with Gasteiger partial charge in [-0.1, -0.05) is 29.3 Å². The van der Waals surface area contributed by atoms with Crippen LogP contribution in [0.15, 0.2) is 82.8 Å². The first-order valence-corrected chi connectivity index (χ1v) is 14.8. The van der Waals surface area contributed by atoms with Crippen LogP contribution < -0.4 is 19.8 Å². The number of carbonyl (C=O) groups excluding carboxylic acids is 2. The van der Waals surface area contributed by atoms with E-state index in [0.717, 1.165) is 29.3 Å². The van der Waals surface area contributed by atoms with Gasteiger partial charge in [-0.15, -0.1) is 0 Å². The van der Waals surface area contributed by atoms with Crippen LogP contribution in [0.4, 0.5) is 5.69 Å². The Morgan fingerprint density at radius 1 is 1.05 bits per heavy atom. The average molecular weight is 599 g/mol. The molecule has 4 rings (SSSR count). The summed E-state index contributed by atoms with van der Waals surface area (Å²) >= 11 is 5.98. The second-order valence-electron chi connectivity index (χ2n) is 9.39. The predicted octanol–water partition coefficient (Wildman–Crippen LogP) is 3.67. The lowest BCUT2D eigenvalue weighted by atomic mass is 10.2. The summed E-state index contributed by atoms with van der Waals surface area (Å²) in [7, 11) is -4.05. The molecule has 1 aliphatic rings. The maximum atomic E-state index is 13.4. The molecule has 1 fully saturated rings. The zero-order valence-corrected chi connectivity index (χ0v) is 24.0. The first-order valence-electron chi connectivity index (χ1n) is 13.0. The lowest BCUT2D eigenvalue weighted by Crippen LogP contribution is -2.39. The minimum atomic E-state index is -4.05. The molecule has 12 heteroatoms.